The third-order valence-electron chi connectivity index (χ3n) is 13.7. The van der Waals surface area contributed by atoms with Crippen molar-refractivity contribution in [1.29, 1.82) is 0 Å². The Kier molecular flexibility index (Phi) is 9.54. The Bertz CT molecular complexity index is 4050. The van der Waals surface area contributed by atoms with Crippen molar-refractivity contribution in [3.05, 3.63) is 255 Å². The van der Waals surface area contributed by atoms with Crippen LogP contribution in [0.3, 0.4) is 0 Å². The van der Waals surface area contributed by atoms with Crippen molar-refractivity contribution in [1.82, 2.24) is 9.97 Å². The van der Waals surface area contributed by atoms with Crippen LogP contribution in [0.2, 0.25) is 0 Å². The Morgan fingerprint density at radius 2 is 0.706 bits per heavy atom. The minimum Gasteiger partial charge on any atom is -0.228 e. The quantitative estimate of drug-likeness (QED) is 0.118. The number of benzene rings is 12. The van der Waals surface area contributed by atoms with Gasteiger partial charge in [-0.05, 0) is 117 Å². The molecule has 0 saturated carbocycles. The van der Waals surface area contributed by atoms with Crippen LogP contribution in [0.15, 0.2) is 255 Å². The summed E-state index contributed by atoms with van der Waals surface area (Å²) < 4.78 is 0. The Balaban J connectivity index is 0.843. The highest BCUT2D eigenvalue weighted by Crippen LogP contribution is 2.44. The van der Waals surface area contributed by atoms with Crippen molar-refractivity contribution in [2.75, 3.05) is 0 Å². The zero-order valence-electron chi connectivity index (χ0n) is 37.1. The van der Waals surface area contributed by atoms with Gasteiger partial charge in [-0.3, -0.25) is 0 Å². The summed E-state index contributed by atoms with van der Waals surface area (Å²) >= 11 is 0. The second-order valence-corrected chi connectivity index (χ2v) is 17.7. The van der Waals surface area contributed by atoms with Gasteiger partial charge >= 0.3 is 0 Å². The van der Waals surface area contributed by atoms with Crippen LogP contribution in [-0.2, 0) is 0 Å². The third-order valence-corrected chi connectivity index (χ3v) is 13.7. The Morgan fingerprint density at radius 3 is 1.46 bits per heavy atom. The molecular weight excluding hydrogens is 821 g/mol. The van der Waals surface area contributed by atoms with Gasteiger partial charge in [0.15, 0.2) is 5.82 Å². The summed E-state index contributed by atoms with van der Waals surface area (Å²) in [5, 5.41) is 12.6. The molecule has 0 spiro atoms. The summed E-state index contributed by atoms with van der Waals surface area (Å²) in [6.07, 6.45) is 0. The van der Waals surface area contributed by atoms with Gasteiger partial charge in [-0.2, -0.15) is 0 Å². The average molecular weight is 863 g/mol. The maximum atomic E-state index is 5.16. The second-order valence-electron chi connectivity index (χ2n) is 17.7. The lowest BCUT2D eigenvalue weighted by molar-refractivity contribution is 1.18. The fourth-order valence-electron chi connectivity index (χ4n) is 10.3. The molecule has 13 rings (SSSR count). The van der Waals surface area contributed by atoms with Crippen LogP contribution >= 0.6 is 0 Å². The second kappa shape index (κ2) is 16.5. The van der Waals surface area contributed by atoms with E-state index in [0.717, 1.165) is 44.8 Å². The lowest BCUT2D eigenvalue weighted by atomic mass is 9.86. The summed E-state index contributed by atoms with van der Waals surface area (Å²) in [7, 11) is 0. The van der Waals surface area contributed by atoms with Crippen molar-refractivity contribution in [2.24, 2.45) is 0 Å². The summed E-state index contributed by atoms with van der Waals surface area (Å²) in [5.41, 5.74) is 14.4. The van der Waals surface area contributed by atoms with Crippen LogP contribution in [0.5, 0.6) is 0 Å². The van der Waals surface area contributed by atoms with E-state index in [2.05, 4.69) is 237 Å². The monoisotopic (exact) mass is 862 g/mol. The molecule has 0 N–H and O–H groups in total. The zero-order valence-corrected chi connectivity index (χ0v) is 37.1. The molecule has 0 aliphatic heterocycles. The van der Waals surface area contributed by atoms with E-state index < -0.39 is 0 Å². The van der Waals surface area contributed by atoms with Gasteiger partial charge in [-0.15, -0.1) is 0 Å². The number of hydrogen-bond donors (Lipinski definition) is 0. The molecule has 0 atom stereocenters. The smallest absolute Gasteiger partial charge is 0.160 e. The van der Waals surface area contributed by atoms with E-state index >= 15 is 0 Å². The van der Waals surface area contributed by atoms with Crippen molar-refractivity contribution in [3.63, 3.8) is 0 Å². The molecule has 1 aromatic heterocycles. The summed E-state index contributed by atoms with van der Waals surface area (Å²) in [6, 6.07) is 92.0. The van der Waals surface area contributed by atoms with E-state index in [4.69, 9.17) is 9.97 Å². The van der Waals surface area contributed by atoms with Gasteiger partial charge in [0.25, 0.3) is 0 Å². The van der Waals surface area contributed by atoms with Gasteiger partial charge in [0.2, 0.25) is 0 Å². The average Bonchev–Trinajstić information content (AvgIpc) is 3.42. The van der Waals surface area contributed by atoms with E-state index in [9.17, 15) is 0 Å². The van der Waals surface area contributed by atoms with E-state index in [1.807, 2.05) is 18.2 Å². The summed E-state index contributed by atoms with van der Waals surface area (Å²) in [4.78, 5) is 10.3. The van der Waals surface area contributed by atoms with Gasteiger partial charge in [0.1, 0.15) is 0 Å². The molecule has 1 heterocycles. The van der Waals surface area contributed by atoms with Crippen LogP contribution in [0.1, 0.15) is 0 Å². The van der Waals surface area contributed by atoms with E-state index in [1.165, 1.54) is 81.7 Å². The topological polar surface area (TPSA) is 25.8 Å². The number of rotatable bonds is 7. The number of hydrogen-bond acceptors (Lipinski definition) is 2. The SMILES string of the molecule is c1ccc(-c2nc(-c3ccc(-c4ccc(-c5ccc(-c6c7ccccc7cc7c6ccc6ccccc67)c6ccccc56)cc4)cc3)cc(-c3cccc(-c4cccc5ccccc45)c3)n2)cc1. The van der Waals surface area contributed by atoms with Crippen molar-refractivity contribution >= 4 is 53.9 Å². The van der Waals surface area contributed by atoms with Crippen LogP contribution in [-0.4, -0.2) is 9.97 Å². The first-order valence-corrected chi connectivity index (χ1v) is 23.3. The third kappa shape index (κ3) is 6.90. The van der Waals surface area contributed by atoms with Crippen molar-refractivity contribution in [2.45, 2.75) is 0 Å². The molecule has 2 heteroatoms. The van der Waals surface area contributed by atoms with Crippen LogP contribution < -0.4 is 0 Å². The highest BCUT2D eigenvalue weighted by molar-refractivity contribution is 6.23. The zero-order chi connectivity index (χ0) is 45.0. The van der Waals surface area contributed by atoms with Crippen molar-refractivity contribution in [3.8, 4) is 78.4 Å². The van der Waals surface area contributed by atoms with Crippen LogP contribution in [0.25, 0.3) is 132 Å². The molecule has 0 amide bonds. The molecule has 0 saturated heterocycles. The Labute approximate surface area is 395 Å². The van der Waals surface area contributed by atoms with E-state index in [1.54, 1.807) is 0 Å². The first kappa shape index (κ1) is 39.4. The fourth-order valence-corrected chi connectivity index (χ4v) is 10.3. The molecule has 316 valence electrons. The maximum absolute atomic E-state index is 5.16. The lowest BCUT2D eigenvalue weighted by Crippen LogP contribution is -1.96. The fraction of sp³-hybridized carbons (Fsp3) is 0. The Morgan fingerprint density at radius 1 is 0.206 bits per heavy atom. The molecule has 13 aromatic rings. The minimum absolute atomic E-state index is 0.702. The molecule has 12 aromatic carbocycles. The highest BCUT2D eigenvalue weighted by atomic mass is 14.9. The standard InChI is InChI=1S/C66H42N2/c1-2-16-49(17-3-1)66-67-63(42-64(68-66)52-21-12-20-50(40-52)55-27-13-19-45-14-4-7-22-53(45)55)48-34-30-44(31-35-48)43-28-32-47(33-29-43)56-38-39-60(59-26-11-10-25-58(56)59)65-57-24-9-6-18-51(57)41-62-54-23-8-5-15-46(54)36-37-61(62)65/h1-42H. The van der Waals surface area contributed by atoms with Crippen LogP contribution in [0.4, 0.5) is 0 Å². The molecule has 0 aliphatic carbocycles. The largest absolute Gasteiger partial charge is 0.228 e. The normalized spacial score (nSPS) is 11.5. The Hall–Kier alpha value is -8.98. The van der Waals surface area contributed by atoms with Gasteiger partial charge in [0, 0.05) is 16.7 Å². The van der Waals surface area contributed by atoms with Crippen LogP contribution in [0, 0.1) is 0 Å². The first-order valence-electron chi connectivity index (χ1n) is 23.3. The van der Waals surface area contributed by atoms with Gasteiger partial charge in [-0.25, -0.2) is 9.97 Å². The number of fused-ring (bicyclic) bond motifs is 6. The number of nitrogens with zero attached hydrogens (tertiary/aromatic N) is 2. The van der Waals surface area contributed by atoms with Gasteiger partial charge < -0.3 is 0 Å². The molecule has 0 radical (unpaired) electrons. The first-order chi connectivity index (χ1) is 33.7. The molecule has 0 aliphatic rings. The number of aromatic nitrogens is 2. The summed E-state index contributed by atoms with van der Waals surface area (Å²) in [5.74, 6) is 0.702. The maximum Gasteiger partial charge on any atom is 0.160 e. The molecule has 68 heavy (non-hydrogen) atoms. The summed E-state index contributed by atoms with van der Waals surface area (Å²) in [6.45, 7) is 0. The predicted octanol–water partition coefficient (Wildman–Crippen LogP) is 17.9. The van der Waals surface area contributed by atoms with Gasteiger partial charge in [0.05, 0.1) is 11.4 Å². The molecule has 0 unspecified atom stereocenters. The van der Waals surface area contributed by atoms with E-state index in [-0.39, 0.29) is 0 Å². The molecule has 0 bridgehead atoms. The minimum atomic E-state index is 0.702. The van der Waals surface area contributed by atoms with Crippen molar-refractivity contribution < 1.29 is 0 Å². The van der Waals surface area contributed by atoms with E-state index in [0.29, 0.717) is 5.82 Å². The molecule has 2 nitrogen and oxygen atoms in total. The molecular formula is C66H42N2. The molecule has 0 fully saturated rings. The highest BCUT2D eigenvalue weighted by Gasteiger charge is 2.17. The van der Waals surface area contributed by atoms with Gasteiger partial charge in [-0.1, -0.05) is 237 Å². The predicted molar refractivity (Wildman–Crippen MR) is 288 cm³/mol. The lowest BCUT2D eigenvalue weighted by Gasteiger charge is -2.17.